The summed E-state index contributed by atoms with van der Waals surface area (Å²) in [5, 5.41) is 6.10. The van der Waals surface area contributed by atoms with E-state index in [-0.39, 0.29) is 30.2 Å². The van der Waals surface area contributed by atoms with Crippen LogP contribution in [0.1, 0.15) is 32.4 Å². The van der Waals surface area contributed by atoms with Crippen molar-refractivity contribution in [1.82, 2.24) is 5.32 Å². The fourth-order valence-corrected chi connectivity index (χ4v) is 2.62. The quantitative estimate of drug-likeness (QED) is 0.756. The summed E-state index contributed by atoms with van der Waals surface area (Å²) in [6.07, 6.45) is 0. The number of carbonyl (C=O) groups is 1. The highest BCUT2D eigenvalue weighted by molar-refractivity contribution is 5.92. The standard InChI is InChI=1S/C20H25FN2O2/c1-4-25-18-11-9-17(10-12-18)23-19(24)13-22-20(14(2)3)15-5-7-16(21)8-6-15/h5-12,14,20,22H,4,13H2,1-3H3,(H,23,24)/t20-/m0/s1. The van der Waals surface area contributed by atoms with Gasteiger partial charge in [0.1, 0.15) is 11.6 Å². The van der Waals surface area contributed by atoms with Crippen molar-refractivity contribution in [2.24, 2.45) is 5.92 Å². The summed E-state index contributed by atoms with van der Waals surface area (Å²) in [4.78, 5) is 12.2. The van der Waals surface area contributed by atoms with Crippen molar-refractivity contribution in [2.75, 3.05) is 18.5 Å². The van der Waals surface area contributed by atoms with Crippen LogP contribution in [0.3, 0.4) is 0 Å². The highest BCUT2D eigenvalue weighted by Crippen LogP contribution is 2.22. The minimum absolute atomic E-state index is 0.0216. The lowest BCUT2D eigenvalue weighted by molar-refractivity contribution is -0.115. The Morgan fingerprint density at radius 1 is 1.08 bits per heavy atom. The molecule has 5 heteroatoms. The lowest BCUT2D eigenvalue weighted by atomic mass is 9.96. The Balaban J connectivity index is 1.91. The first-order valence-electron chi connectivity index (χ1n) is 8.51. The molecule has 2 aromatic rings. The second kappa shape index (κ2) is 9.18. The molecule has 0 aliphatic rings. The van der Waals surface area contributed by atoms with Crippen molar-refractivity contribution in [2.45, 2.75) is 26.8 Å². The third-order valence-corrected chi connectivity index (χ3v) is 3.83. The van der Waals surface area contributed by atoms with Gasteiger partial charge in [-0.15, -0.1) is 0 Å². The number of benzene rings is 2. The highest BCUT2D eigenvalue weighted by atomic mass is 19.1. The molecule has 0 fully saturated rings. The zero-order chi connectivity index (χ0) is 18.2. The van der Waals surface area contributed by atoms with E-state index in [1.807, 2.05) is 31.2 Å². The van der Waals surface area contributed by atoms with E-state index >= 15 is 0 Å². The van der Waals surface area contributed by atoms with Crippen LogP contribution in [0.4, 0.5) is 10.1 Å². The maximum Gasteiger partial charge on any atom is 0.238 e. The van der Waals surface area contributed by atoms with Crippen LogP contribution in [-0.2, 0) is 4.79 Å². The van der Waals surface area contributed by atoms with Crippen molar-refractivity contribution >= 4 is 11.6 Å². The fourth-order valence-electron chi connectivity index (χ4n) is 2.62. The normalized spacial score (nSPS) is 12.0. The Hall–Kier alpha value is -2.40. The number of hydrogen-bond donors (Lipinski definition) is 2. The van der Waals surface area contributed by atoms with E-state index in [1.165, 1.54) is 12.1 Å². The third-order valence-electron chi connectivity index (χ3n) is 3.83. The third kappa shape index (κ3) is 5.87. The van der Waals surface area contributed by atoms with E-state index in [0.29, 0.717) is 6.61 Å². The number of anilines is 1. The molecule has 0 radical (unpaired) electrons. The van der Waals surface area contributed by atoms with Gasteiger partial charge in [0.25, 0.3) is 0 Å². The number of hydrogen-bond acceptors (Lipinski definition) is 3. The van der Waals surface area contributed by atoms with E-state index in [0.717, 1.165) is 17.0 Å². The predicted octanol–water partition coefficient (Wildman–Crippen LogP) is 4.15. The molecule has 0 spiro atoms. The summed E-state index contributed by atoms with van der Waals surface area (Å²) in [5.41, 5.74) is 1.68. The van der Waals surface area contributed by atoms with Gasteiger partial charge in [0, 0.05) is 11.7 Å². The van der Waals surface area contributed by atoms with Crippen LogP contribution in [0.5, 0.6) is 5.75 Å². The second-order valence-electron chi connectivity index (χ2n) is 6.16. The maximum absolute atomic E-state index is 13.1. The molecule has 0 unspecified atom stereocenters. The summed E-state index contributed by atoms with van der Waals surface area (Å²) >= 11 is 0. The van der Waals surface area contributed by atoms with Gasteiger partial charge in [0.2, 0.25) is 5.91 Å². The van der Waals surface area contributed by atoms with Crippen LogP contribution >= 0.6 is 0 Å². The first-order chi connectivity index (χ1) is 12.0. The molecule has 0 saturated carbocycles. The van der Waals surface area contributed by atoms with Crippen LogP contribution < -0.4 is 15.4 Å². The number of carbonyl (C=O) groups excluding carboxylic acids is 1. The molecule has 0 aromatic heterocycles. The van der Waals surface area contributed by atoms with Crippen LogP contribution in [0.2, 0.25) is 0 Å². The molecule has 1 amide bonds. The van der Waals surface area contributed by atoms with Gasteiger partial charge in [-0.05, 0) is 54.8 Å². The van der Waals surface area contributed by atoms with Gasteiger partial charge >= 0.3 is 0 Å². The SMILES string of the molecule is CCOc1ccc(NC(=O)CN[C@H](c2ccc(F)cc2)C(C)C)cc1. The molecule has 2 rings (SSSR count). The van der Waals surface area contributed by atoms with E-state index in [9.17, 15) is 9.18 Å². The molecular formula is C20H25FN2O2. The van der Waals surface area contributed by atoms with Gasteiger partial charge in [0.15, 0.2) is 0 Å². The number of amides is 1. The molecule has 4 nitrogen and oxygen atoms in total. The average Bonchev–Trinajstić information content (AvgIpc) is 2.58. The topological polar surface area (TPSA) is 50.4 Å². The van der Waals surface area contributed by atoms with E-state index in [4.69, 9.17) is 4.74 Å². The summed E-state index contributed by atoms with van der Waals surface area (Å²) in [7, 11) is 0. The van der Waals surface area contributed by atoms with Crippen molar-refractivity contribution in [1.29, 1.82) is 0 Å². The van der Waals surface area contributed by atoms with Gasteiger partial charge in [-0.3, -0.25) is 4.79 Å². The van der Waals surface area contributed by atoms with E-state index in [1.54, 1.807) is 12.1 Å². The summed E-state index contributed by atoms with van der Waals surface area (Å²) < 4.78 is 18.5. The van der Waals surface area contributed by atoms with Crippen molar-refractivity contribution in [3.8, 4) is 5.75 Å². The van der Waals surface area contributed by atoms with Crippen LogP contribution in [0.25, 0.3) is 0 Å². The number of nitrogens with one attached hydrogen (secondary N) is 2. The highest BCUT2D eigenvalue weighted by Gasteiger charge is 2.16. The molecule has 0 saturated heterocycles. The van der Waals surface area contributed by atoms with Gasteiger partial charge in [-0.2, -0.15) is 0 Å². The lowest BCUT2D eigenvalue weighted by Crippen LogP contribution is -2.33. The monoisotopic (exact) mass is 344 g/mol. The van der Waals surface area contributed by atoms with E-state index in [2.05, 4.69) is 24.5 Å². The number of rotatable bonds is 8. The first kappa shape index (κ1) is 18.9. The zero-order valence-corrected chi connectivity index (χ0v) is 14.9. The molecule has 1 atom stereocenters. The predicted molar refractivity (Wildman–Crippen MR) is 98.2 cm³/mol. The Kier molecular flexibility index (Phi) is 6.95. The van der Waals surface area contributed by atoms with Crippen LogP contribution in [-0.4, -0.2) is 19.1 Å². The fraction of sp³-hybridized carbons (Fsp3) is 0.350. The van der Waals surface area contributed by atoms with Gasteiger partial charge < -0.3 is 15.4 Å². The molecule has 0 heterocycles. The van der Waals surface area contributed by atoms with Crippen LogP contribution in [0, 0.1) is 11.7 Å². The Morgan fingerprint density at radius 3 is 2.28 bits per heavy atom. The van der Waals surface area contributed by atoms with Gasteiger partial charge in [-0.1, -0.05) is 26.0 Å². The van der Waals surface area contributed by atoms with Crippen molar-refractivity contribution in [3.05, 3.63) is 59.9 Å². The van der Waals surface area contributed by atoms with Crippen molar-refractivity contribution in [3.63, 3.8) is 0 Å². The largest absolute Gasteiger partial charge is 0.494 e. The minimum atomic E-state index is -0.264. The molecule has 0 aliphatic heterocycles. The summed E-state index contributed by atoms with van der Waals surface area (Å²) in [5.74, 6) is 0.648. The molecule has 0 bridgehead atoms. The number of ether oxygens (including phenoxy) is 1. The average molecular weight is 344 g/mol. The second-order valence-corrected chi connectivity index (χ2v) is 6.16. The maximum atomic E-state index is 13.1. The molecule has 25 heavy (non-hydrogen) atoms. The van der Waals surface area contributed by atoms with Crippen molar-refractivity contribution < 1.29 is 13.9 Å². The number of halogens is 1. The smallest absolute Gasteiger partial charge is 0.238 e. The van der Waals surface area contributed by atoms with E-state index < -0.39 is 0 Å². The lowest BCUT2D eigenvalue weighted by Gasteiger charge is -2.22. The van der Waals surface area contributed by atoms with Crippen LogP contribution in [0.15, 0.2) is 48.5 Å². The molecule has 2 aromatic carbocycles. The van der Waals surface area contributed by atoms with Gasteiger partial charge in [0.05, 0.1) is 13.2 Å². The molecule has 134 valence electrons. The zero-order valence-electron chi connectivity index (χ0n) is 14.9. The van der Waals surface area contributed by atoms with Gasteiger partial charge in [-0.25, -0.2) is 4.39 Å². The molecule has 0 aliphatic carbocycles. The first-order valence-corrected chi connectivity index (χ1v) is 8.51. The minimum Gasteiger partial charge on any atom is -0.494 e. The molecule has 2 N–H and O–H groups in total. The Morgan fingerprint density at radius 2 is 1.72 bits per heavy atom. The summed E-state index contributed by atoms with van der Waals surface area (Å²) in [6.45, 7) is 6.83. The summed E-state index contributed by atoms with van der Waals surface area (Å²) in [6, 6.07) is 13.6. The Bertz CT molecular complexity index is 669. The molecular weight excluding hydrogens is 319 g/mol. The Labute approximate surface area is 148 Å².